The van der Waals surface area contributed by atoms with Crippen molar-refractivity contribution in [2.75, 3.05) is 19.0 Å². The number of amides is 2. The molecule has 0 aromatic heterocycles. The topological polar surface area (TPSA) is 75.7 Å². The zero-order valence-corrected chi connectivity index (χ0v) is 17.7. The zero-order chi connectivity index (χ0) is 21.6. The van der Waals surface area contributed by atoms with Gasteiger partial charge in [-0.2, -0.15) is 0 Å². The van der Waals surface area contributed by atoms with Crippen LogP contribution in [0.2, 0.25) is 5.02 Å². The number of rotatable bonds is 6. The van der Waals surface area contributed by atoms with E-state index in [1.54, 1.807) is 48.5 Å². The quantitative estimate of drug-likeness (QED) is 0.718. The van der Waals surface area contributed by atoms with Crippen molar-refractivity contribution in [2.45, 2.75) is 27.3 Å². The molecule has 0 aliphatic heterocycles. The van der Waals surface area contributed by atoms with Gasteiger partial charge in [0.2, 0.25) is 5.91 Å². The Hall–Kier alpha value is -2.86. The lowest BCUT2D eigenvalue weighted by Crippen LogP contribution is -2.35. The number of methoxy groups -OCH3 is 1. The second-order valence-corrected chi connectivity index (χ2v) is 8.09. The van der Waals surface area contributed by atoms with Crippen LogP contribution in [0.5, 0.6) is 0 Å². The Morgan fingerprint density at radius 1 is 1.07 bits per heavy atom. The van der Waals surface area contributed by atoms with Crippen molar-refractivity contribution in [2.24, 2.45) is 5.41 Å². The highest BCUT2D eigenvalue weighted by molar-refractivity contribution is 6.30. The third-order valence-corrected chi connectivity index (χ3v) is 4.42. The Labute approximate surface area is 175 Å². The fourth-order valence-corrected chi connectivity index (χ4v) is 2.59. The highest BCUT2D eigenvalue weighted by Gasteiger charge is 2.23. The van der Waals surface area contributed by atoms with Crippen molar-refractivity contribution >= 4 is 35.1 Å². The largest absolute Gasteiger partial charge is 0.468 e. The molecule has 0 aliphatic rings. The number of anilines is 1. The molecule has 0 bridgehead atoms. The summed E-state index contributed by atoms with van der Waals surface area (Å²) in [4.78, 5) is 38.5. The number of carbonyl (C=O) groups is 3. The van der Waals surface area contributed by atoms with E-state index >= 15 is 0 Å². The Balaban J connectivity index is 2.25. The summed E-state index contributed by atoms with van der Waals surface area (Å²) in [6, 6.07) is 13.7. The first-order valence-electron chi connectivity index (χ1n) is 9.12. The van der Waals surface area contributed by atoms with Crippen molar-refractivity contribution in [3.8, 4) is 0 Å². The van der Waals surface area contributed by atoms with E-state index in [0.29, 0.717) is 16.3 Å². The molecule has 0 radical (unpaired) electrons. The Bertz CT molecular complexity index is 888. The number of hydrogen-bond acceptors (Lipinski definition) is 4. The van der Waals surface area contributed by atoms with Crippen LogP contribution < -0.4 is 5.32 Å². The predicted octanol–water partition coefficient (Wildman–Crippen LogP) is 4.14. The highest BCUT2D eigenvalue weighted by atomic mass is 35.5. The van der Waals surface area contributed by atoms with E-state index in [9.17, 15) is 14.4 Å². The molecule has 0 atom stereocenters. The number of carbonyl (C=O) groups excluding carboxylic acids is 3. The smallest absolute Gasteiger partial charge is 0.325 e. The van der Waals surface area contributed by atoms with E-state index in [2.05, 4.69) is 5.32 Å². The maximum atomic E-state index is 13.1. The molecular formula is C22H25ClN2O4. The van der Waals surface area contributed by atoms with Crippen LogP contribution >= 0.6 is 11.6 Å². The summed E-state index contributed by atoms with van der Waals surface area (Å²) in [5.41, 5.74) is 1.13. The van der Waals surface area contributed by atoms with Crippen molar-refractivity contribution in [1.82, 2.24) is 4.90 Å². The van der Waals surface area contributed by atoms with Gasteiger partial charge in [0, 0.05) is 28.2 Å². The molecular weight excluding hydrogens is 392 g/mol. The number of halogens is 1. The first kappa shape index (κ1) is 22.4. The second-order valence-electron chi connectivity index (χ2n) is 7.65. The number of ether oxygens (including phenoxy) is 1. The third-order valence-electron chi connectivity index (χ3n) is 4.17. The van der Waals surface area contributed by atoms with Crippen LogP contribution in [-0.2, 0) is 20.9 Å². The van der Waals surface area contributed by atoms with Gasteiger partial charge in [-0.05, 0) is 35.9 Å². The van der Waals surface area contributed by atoms with Gasteiger partial charge in [-0.25, -0.2) is 0 Å². The van der Waals surface area contributed by atoms with Crippen LogP contribution in [0, 0.1) is 5.41 Å². The van der Waals surface area contributed by atoms with Gasteiger partial charge in [0.15, 0.2) is 0 Å². The van der Waals surface area contributed by atoms with Gasteiger partial charge in [-0.3, -0.25) is 14.4 Å². The van der Waals surface area contributed by atoms with E-state index in [1.807, 2.05) is 20.8 Å². The fraction of sp³-hybridized carbons (Fsp3) is 0.318. The fourth-order valence-electron chi connectivity index (χ4n) is 2.46. The van der Waals surface area contributed by atoms with Crippen LogP contribution in [-0.4, -0.2) is 36.3 Å². The lowest BCUT2D eigenvalue weighted by molar-refractivity contribution is -0.141. The summed E-state index contributed by atoms with van der Waals surface area (Å²) in [7, 11) is 1.27. The molecule has 7 heteroatoms. The van der Waals surface area contributed by atoms with Gasteiger partial charge in [0.05, 0.1) is 7.11 Å². The molecule has 2 amide bonds. The van der Waals surface area contributed by atoms with Crippen LogP contribution in [0.25, 0.3) is 0 Å². The zero-order valence-electron chi connectivity index (χ0n) is 17.0. The average Bonchev–Trinajstić information content (AvgIpc) is 2.68. The molecule has 2 aromatic carbocycles. The van der Waals surface area contributed by atoms with Gasteiger partial charge in [-0.15, -0.1) is 0 Å². The molecule has 2 aromatic rings. The van der Waals surface area contributed by atoms with Crippen molar-refractivity contribution in [3.05, 3.63) is 64.7 Å². The summed E-state index contributed by atoms with van der Waals surface area (Å²) in [5, 5.41) is 3.39. The Kier molecular flexibility index (Phi) is 7.40. The lowest BCUT2D eigenvalue weighted by atomic mass is 9.95. The number of hydrogen-bond donors (Lipinski definition) is 1. The van der Waals surface area contributed by atoms with Crippen LogP contribution in [0.4, 0.5) is 5.69 Å². The molecule has 1 N–H and O–H groups in total. The van der Waals surface area contributed by atoms with Crippen molar-refractivity contribution < 1.29 is 19.1 Å². The first-order chi connectivity index (χ1) is 13.6. The van der Waals surface area contributed by atoms with E-state index < -0.39 is 11.4 Å². The monoisotopic (exact) mass is 416 g/mol. The molecule has 2 rings (SSSR count). The maximum Gasteiger partial charge on any atom is 0.325 e. The van der Waals surface area contributed by atoms with Crippen LogP contribution in [0.15, 0.2) is 48.5 Å². The van der Waals surface area contributed by atoms with Gasteiger partial charge < -0.3 is 15.0 Å². The molecule has 0 heterocycles. The van der Waals surface area contributed by atoms with E-state index in [0.717, 1.165) is 5.56 Å². The lowest BCUT2D eigenvalue weighted by Gasteiger charge is -2.22. The van der Waals surface area contributed by atoms with E-state index in [-0.39, 0.29) is 24.9 Å². The Morgan fingerprint density at radius 3 is 2.31 bits per heavy atom. The minimum Gasteiger partial charge on any atom is -0.468 e. The summed E-state index contributed by atoms with van der Waals surface area (Å²) < 4.78 is 4.73. The number of nitrogens with zero attached hydrogens (tertiary/aromatic N) is 1. The number of benzene rings is 2. The normalized spacial score (nSPS) is 10.9. The molecule has 0 saturated heterocycles. The number of esters is 1. The number of nitrogens with one attached hydrogen (secondary N) is 1. The summed E-state index contributed by atoms with van der Waals surface area (Å²) >= 11 is 5.92. The first-order valence-corrected chi connectivity index (χ1v) is 9.50. The van der Waals surface area contributed by atoms with Crippen LogP contribution in [0.1, 0.15) is 36.7 Å². The van der Waals surface area contributed by atoms with Crippen molar-refractivity contribution in [1.29, 1.82) is 0 Å². The van der Waals surface area contributed by atoms with E-state index in [4.69, 9.17) is 16.3 Å². The van der Waals surface area contributed by atoms with Gasteiger partial charge in [0.25, 0.3) is 5.91 Å². The molecule has 0 fully saturated rings. The van der Waals surface area contributed by atoms with Crippen LogP contribution in [0.3, 0.4) is 0 Å². The minimum atomic E-state index is -0.564. The SMILES string of the molecule is COC(=O)CN(Cc1ccc(Cl)cc1)C(=O)c1cccc(NC(=O)C(C)(C)C)c1. The Morgan fingerprint density at radius 2 is 1.72 bits per heavy atom. The maximum absolute atomic E-state index is 13.1. The molecule has 0 spiro atoms. The minimum absolute atomic E-state index is 0.158. The summed E-state index contributed by atoms with van der Waals surface area (Å²) in [6.45, 7) is 5.44. The second kappa shape index (κ2) is 9.56. The predicted molar refractivity (Wildman–Crippen MR) is 113 cm³/mol. The van der Waals surface area contributed by atoms with E-state index in [1.165, 1.54) is 12.0 Å². The molecule has 0 unspecified atom stereocenters. The van der Waals surface area contributed by atoms with Gasteiger partial charge >= 0.3 is 5.97 Å². The van der Waals surface area contributed by atoms with Gasteiger partial charge in [0.1, 0.15) is 6.54 Å². The molecule has 29 heavy (non-hydrogen) atoms. The summed E-state index contributed by atoms with van der Waals surface area (Å²) in [5.74, 6) is -1.03. The van der Waals surface area contributed by atoms with Gasteiger partial charge in [-0.1, -0.05) is 50.6 Å². The highest BCUT2D eigenvalue weighted by Crippen LogP contribution is 2.20. The summed E-state index contributed by atoms with van der Waals surface area (Å²) in [6.07, 6.45) is 0. The average molecular weight is 417 g/mol. The molecule has 0 aliphatic carbocycles. The molecule has 0 saturated carbocycles. The molecule has 154 valence electrons. The van der Waals surface area contributed by atoms with Crippen molar-refractivity contribution in [3.63, 3.8) is 0 Å². The standard InChI is InChI=1S/C22H25ClN2O4/c1-22(2,3)21(28)24-18-7-5-6-16(12-18)20(27)25(14-19(26)29-4)13-15-8-10-17(23)11-9-15/h5-12H,13-14H2,1-4H3,(H,24,28). The molecule has 6 nitrogen and oxygen atoms in total. The third kappa shape index (κ3) is 6.61.